The van der Waals surface area contributed by atoms with Crippen molar-refractivity contribution in [2.45, 2.75) is 193 Å². The summed E-state index contributed by atoms with van der Waals surface area (Å²) in [7, 11) is 2.99. The van der Waals surface area contributed by atoms with Crippen molar-refractivity contribution in [1.82, 2.24) is 30.4 Å². The molecule has 6 amide bonds. The first kappa shape index (κ1) is 77.5. The Morgan fingerprint density at radius 1 is 0.539 bits per heavy atom. The highest BCUT2D eigenvalue weighted by atomic mass is 19.1. The molecule has 4 atom stereocenters. The van der Waals surface area contributed by atoms with E-state index < -0.39 is 81.8 Å². The topological polar surface area (TPSA) is 242 Å². The van der Waals surface area contributed by atoms with Gasteiger partial charge in [-0.05, 0) is 200 Å². The highest BCUT2D eigenvalue weighted by Gasteiger charge is 2.45. The van der Waals surface area contributed by atoms with Gasteiger partial charge in [0.1, 0.15) is 71.7 Å². The number of carbonyl (C=O) groups excluding carboxylic acids is 6. The molecule has 0 radical (unpaired) electrons. The van der Waals surface area contributed by atoms with E-state index in [0.717, 1.165) is 22.3 Å². The lowest BCUT2D eigenvalue weighted by molar-refractivity contribution is -0.131. The van der Waals surface area contributed by atoms with Gasteiger partial charge in [0.2, 0.25) is 23.6 Å². The van der Waals surface area contributed by atoms with Crippen LogP contribution < -0.4 is 41.0 Å². The van der Waals surface area contributed by atoms with E-state index in [1.807, 2.05) is 76.2 Å². The molecule has 0 bridgehead atoms. The lowest BCUT2D eigenvalue weighted by atomic mass is 9.91. The van der Waals surface area contributed by atoms with Crippen LogP contribution in [0.3, 0.4) is 0 Å². The Bertz CT molecular complexity index is 3970. The molecular weight excluding hydrogens is 1300 g/mol. The number of aromatic nitrogens is 2. The summed E-state index contributed by atoms with van der Waals surface area (Å²) in [6.45, 7) is 22.3. The molecule has 4 heterocycles. The number of amides is 6. The van der Waals surface area contributed by atoms with Crippen molar-refractivity contribution in [3.63, 3.8) is 0 Å². The average molecular weight is 1400 g/mol. The average Bonchev–Trinajstić information content (AvgIpc) is 1.60. The summed E-state index contributed by atoms with van der Waals surface area (Å²) in [6, 6.07) is 26.2. The van der Waals surface area contributed by atoms with Gasteiger partial charge in [-0.3, -0.25) is 38.6 Å². The second kappa shape index (κ2) is 33.5. The second-order valence-electron chi connectivity index (χ2n) is 29.4. The van der Waals surface area contributed by atoms with Gasteiger partial charge >= 0.3 is 12.2 Å². The summed E-state index contributed by atoms with van der Waals surface area (Å²) >= 11 is 0. The SMILES string of the molecule is CC[C@@H](C(=O)N[C@@H](CCCc1ccc(OCC#CC#CCOc2ccc(CCC[C@H](NC(=O)[C@H](CC)N(C)C(=O)OC(C)(C)C)C(=O)N3CC(C)(C)c4[nH]c(=O)c(Cc5ccc(F)cc5)cc43)cc2)cc1)C(=O)N1CC(C)(C)c2[nH]c(=O)c(Cc3ccc(F)cc3)cc21)N(C)C(=O)OC(C)(C)C. The molecule has 102 heavy (non-hydrogen) atoms. The number of nitrogens with one attached hydrogen (secondary N) is 4. The zero-order valence-corrected chi connectivity index (χ0v) is 61.0. The zero-order valence-electron chi connectivity index (χ0n) is 61.0. The van der Waals surface area contributed by atoms with E-state index in [1.165, 1.54) is 48.2 Å². The maximum Gasteiger partial charge on any atom is 0.410 e. The van der Waals surface area contributed by atoms with E-state index in [-0.39, 0.29) is 87.8 Å². The van der Waals surface area contributed by atoms with Gasteiger partial charge in [0.05, 0.1) is 11.4 Å². The fraction of sp³-hybridized carbons (Fsp3) is 0.450. The van der Waals surface area contributed by atoms with Crippen LogP contribution in [0.25, 0.3) is 0 Å². The molecule has 0 aliphatic carbocycles. The largest absolute Gasteiger partial charge is 0.481 e. The van der Waals surface area contributed by atoms with E-state index >= 15 is 0 Å². The number of carbonyl (C=O) groups is 6. The molecule has 2 aliphatic heterocycles. The van der Waals surface area contributed by atoms with Crippen molar-refractivity contribution < 1.29 is 56.5 Å². The fourth-order valence-electron chi connectivity index (χ4n) is 12.5. The van der Waals surface area contributed by atoms with Gasteiger partial charge in [-0.2, -0.15) is 0 Å². The molecule has 0 saturated carbocycles. The third-order valence-corrected chi connectivity index (χ3v) is 17.9. The number of benzene rings is 4. The summed E-state index contributed by atoms with van der Waals surface area (Å²) < 4.78 is 50.5. The third kappa shape index (κ3) is 20.7. The number of rotatable bonds is 26. The van der Waals surface area contributed by atoms with Crippen LogP contribution >= 0.6 is 0 Å². The molecular formula is C80H96F2N8O12. The Morgan fingerprint density at radius 2 is 0.873 bits per heavy atom. The number of hydrogen-bond acceptors (Lipinski definition) is 12. The van der Waals surface area contributed by atoms with Crippen molar-refractivity contribution in [2.24, 2.45) is 0 Å². The monoisotopic (exact) mass is 1400 g/mol. The Labute approximate surface area is 596 Å². The normalized spacial score (nSPS) is 14.6. The number of nitrogens with zero attached hydrogens (tertiary/aromatic N) is 4. The highest BCUT2D eigenvalue weighted by molar-refractivity contribution is 6.03. The summed E-state index contributed by atoms with van der Waals surface area (Å²) in [5.41, 5.74) is 2.82. The van der Waals surface area contributed by atoms with Crippen LogP contribution in [0.2, 0.25) is 0 Å². The predicted molar refractivity (Wildman–Crippen MR) is 389 cm³/mol. The van der Waals surface area contributed by atoms with Crippen molar-refractivity contribution >= 4 is 47.2 Å². The number of pyridine rings is 2. The molecule has 0 fully saturated rings. The first-order chi connectivity index (χ1) is 48.1. The van der Waals surface area contributed by atoms with Crippen LogP contribution in [0, 0.1) is 35.3 Å². The van der Waals surface area contributed by atoms with Gasteiger partial charge in [0, 0.05) is 73.4 Å². The lowest BCUT2D eigenvalue weighted by Crippen LogP contribution is -2.55. The Morgan fingerprint density at radius 3 is 1.20 bits per heavy atom. The van der Waals surface area contributed by atoms with E-state index in [0.29, 0.717) is 71.1 Å². The number of fused-ring (bicyclic) bond motifs is 2. The van der Waals surface area contributed by atoms with Crippen molar-refractivity contribution in [3.05, 3.63) is 186 Å². The van der Waals surface area contributed by atoms with Crippen LogP contribution in [0.15, 0.2) is 119 Å². The predicted octanol–water partition coefficient (Wildman–Crippen LogP) is 11.5. The first-order valence-corrected chi connectivity index (χ1v) is 34.7. The molecule has 0 saturated heterocycles. The number of ether oxygens (including phenoxy) is 4. The molecule has 0 unspecified atom stereocenters. The van der Waals surface area contributed by atoms with Gasteiger partial charge in [-0.15, -0.1) is 0 Å². The van der Waals surface area contributed by atoms with Gasteiger partial charge in [-0.25, -0.2) is 18.4 Å². The van der Waals surface area contributed by atoms with Crippen LogP contribution in [-0.2, 0) is 65.2 Å². The zero-order chi connectivity index (χ0) is 74.4. The van der Waals surface area contributed by atoms with E-state index in [1.54, 1.807) is 102 Å². The minimum absolute atomic E-state index is 0.0685. The van der Waals surface area contributed by atoms with E-state index in [2.05, 4.69) is 44.3 Å². The third-order valence-electron chi connectivity index (χ3n) is 17.9. The number of aromatic amines is 2. The molecule has 4 N–H and O–H groups in total. The molecule has 8 rings (SSSR count). The number of anilines is 2. The van der Waals surface area contributed by atoms with Crippen molar-refractivity contribution in [3.8, 4) is 35.2 Å². The van der Waals surface area contributed by atoms with E-state index in [4.69, 9.17) is 18.9 Å². The Kier molecular flexibility index (Phi) is 25.5. The minimum atomic E-state index is -1.02. The van der Waals surface area contributed by atoms with Crippen LogP contribution in [0.5, 0.6) is 11.5 Å². The Balaban J connectivity index is 0.847. The number of likely N-dealkylation sites (N-methyl/N-ethyl adjacent to an activating group) is 2. The van der Waals surface area contributed by atoms with Crippen LogP contribution in [0.4, 0.5) is 29.7 Å². The molecule has 0 spiro atoms. The molecule has 4 aromatic carbocycles. The molecule has 6 aromatic rings. The molecule has 2 aliphatic rings. The lowest BCUT2D eigenvalue weighted by Gasteiger charge is -2.31. The summed E-state index contributed by atoms with van der Waals surface area (Å²) in [5.74, 6) is 9.97. The van der Waals surface area contributed by atoms with Gasteiger partial charge < -0.3 is 49.3 Å². The maximum absolute atomic E-state index is 14.9. The standard InChI is InChI=1S/C80H96F2N8O12/c1-15-63(87(13)75(97)101-77(3,4)5)71(93)83-61(73(95)89-49-79(9,10)67-65(89)47-55(69(91)85-67)45-53-27-35-57(81)36-28-53)25-21-23-51-31-39-59(40-32-51)99-43-19-17-18-20-44-100-60-41-33-52(34-42-60)24-22-26-62(84-72(94)64(16-2)88(14)76(98)102-78(6,7)8)74(96)90-50-80(11,12)68-66(90)48-56(70(92)86-68)46-54-29-37-58(82)38-30-54/h27-42,47-48,61-64H,15-16,21-26,43-46,49-50H2,1-14H3,(H,83,93)(H,84,94)(H,85,91)(H,86,92)/t61-,62-,63-,64-/m0/s1. The highest BCUT2D eigenvalue weighted by Crippen LogP contribution is 2.41. The molecule has 20 nitrogen and oxygen atoms in total. The van der Waals surface area contributed by atoms with Gasteiger partial charge in [0.15, 0.2) is 0 Å². The number of hydrogen-bond donors (Lipinski definition) is 4. The molecule has 22 heteroatoms. The second-order valence-corrected chi connectivity index (χ2v) is 29.4. The van der Waals surface area contributed by atoms with E-state index in [9.17, 15) is 47.1 Å². The smallest absolute Gasteiger partial charge is 0.410 e. The summed E-state index contributed by atoms with van der Waals surface area (Å²) in [4.78, 5) is 123. The summed E-state index contributed by atoms with van der Waals surface area (Å²) in [6.07, 6.45) is 2.11. The summed E-state index contributed by atoms with van der Waals surface area (Å²) in [5, 5.41) is 5.98. The molecule has 542 valence electrons. The maximum atomic E-state index is 14.9. The van der Waals surface area contributed by atoms with Crippen LogP contribution in [-0.4, -0.2) is 131 Å². The fourth-order valence-corrected chi connectivity index (χ4v) is 12.5. The Hall–Kier alpha value is -10.2. The van der Waals surface area contributed by atoms with Crippen molar-refractivity contribution in [2.75, 3.05) is 50.2 Å². The molecule has 2 aromatic heterocycles. The van der Waals surface area contributed by atoms with Crippen LogP contribution in [0.1, 0.15) is 166 Å². The first-order valence-electron chi connectivity index (χ1n) is 34.7. The van der Waals surface area contributed by atoms with Gasteiger partial charge in [-0.1, -0.05) is 90.1 Å². The van der Waals surface area contributed by atoms with Gasteiger partial charge in [0.25, 0.3) is 11.1 Å². The number of H-pyrrole nitrogens is 2. The number of aryl methyl sites for hydroxylation is 2. The van der Waals surface area contributed by atoms with Crippen molar-refractivity contribution in [1.29, 1.82) is 0 Å². The quantitative estimate of drug-likeness (QED) is 0.0371. The number of halogens is 2. The minimum Gasteiger partial charge on any atom is -0.481 e.